The van der Waals surface area contributed by atoms with Crippen molar-refractivity contribution in [3.05, 3.63) is 82.9 Å². The lowest BCUT2D eigenvalue weighted by Gasteiger charge is -2.37. The fourth-order valence-corrected chi connectivity index (χ4v) is 8.34. The lowest BCUT2D eigenvalue weighted by atomic mass is 10.0. The number of fused-ring (bicyclic) bond motifs is 1. The van der Waals surface area contributed by atoms with Crippen LogP contribution in [0, 0.1) is 29.2 Å². The molecule has 3 aromatic rings. The highest BCUT2D eigenvalue weighted by atomic mass is 32.2. The second-order valence-corrected chi connectivity index (χ2v) is 17.0. The first-order valence-electron chi connectivity index (χ1n) is 22.1. The molecule has 5 N–H and O–H groups in total. The Bertz CT molecular complexity index is 2220. The van der Waals surface area contributed by atoms with Gasteiger partial charge in [0.25, 0.3) is 0 Å². The summed E-state index contributed by atoms with van der Waals surface area (Å²) in [6.07, 6.45) is 3.12. The normalized spacial score (nSPS) is 14.2. The third-order valence-electron chi connectivity index (χ3n) is 10.3. The number of hydrogen-bond acceptors (Lipinski definition) is 12. The molecule has 1 fully saturated rings. The number of amides is 4. The summed E-state index contributed by atoms with van der Waals surface area (Å²) in [6, 6.07) is 13.0. The summed E-state index contributed by atoms with van der Waals surface area (Å²) in [7, 11) is 0. The van der Waals surface area contributed by atoms with E-state index in [4.69, 9.17) is 19.9 Å². The van der Waals surface area contributed by atoms with E-state index in [1.54, 1.807) is 4.90 Å². The van der Waals surface area contributed by atoms with Crippen LogP contribution in [0.1, 0.15) is 51.5 Å². The van der Waals surface area contributed by atoms with E-state index in [-0.39, 0.29) is 82.3 Å². The predicted octanol–water partition coefficient (Wildman–Crippen LogP) is 5.14. The molecule has 2 aliphatic rings. The number of ether oxygens (including phenoxy) is 4. The Hall–Kier alpha value is -5.58. The summed E-state index contributed by atoms with van der Waals surface area (Å²) in [5.41, 5.74) is 9.95. The van der Waals surface area contributed by atoms with Crippen molar-refractivity contribution < 1.29 is 60.2 Å². The standard InChI is InChI=1S/C46H57F4N7O9S/c1-3-14-56(15-6-13-53-46(61)52-4-2)45(60)34-22-33-10-9-32(24-38(33)55-39(51)25-34)31-7-5-8-35(23-31)67(62)57-28-30(29-57)27-54-40(58)11-16-63-18-20-65-21-19-64-17-12-41(59)66-44-42(49)36(47)26-37(48)43(44)50/h5,7-10,22-24,26,30H,3-4,6,11-21,25,27-29H2,1-2H3,(H2,51,55)(H,54,58)(H2,52,53,61). The highest BCUT2D eigenvalue weighted by molar-refractivity contribution is 7.89. The topological polar surface area (TPSA) is 209 Å². The third kappa shape index (κ3) is 16.0. The van der Waals surface area contributed by atoms with E-state index in [9.17, 15) is 41.3 Å². The quantitative estimate of drug-likeness (QED) is 0.0207. The molecule has 21 heteroatoms. The highest BCUT2D eigenvalue weighted by Crippen LogP contribution is 2.34. The van der Waals surface area contributed by atoms with Crippen LogP contribution in [-0.4, -0.2) is 129 Å². The number of esters is 1. The van der Waals surface area contributed by atoms with Gasteiger partial charge in [0.1, 0.15) is 5.84 Å². The van der Waals surface area contributed by atoms with Crippen LogP contribution in [0.25, 0.3) is 17.2 Å². The van der Waals surface area contributed by atoms with E-state index in [1.165, 1.54) is 0 Å². The summed E-state index contributed by atoms with van der Waals surface area (Å²) < 4.78 is 89.6. The Morgan fingerprint density at radius 1 is 0.851 bits per heavy atom. The van der Waals surface area contributed by atoms with Gasteiger partial charge in [-0.05, 0) is 49.1 Å². The van der Waals surface area contributed by atoms with Crippen LogP contribution in [0.3, 0.4) is 0 Å². The van der Waals surface area contributed by atoms with Gasteiger partial charge in [-0.25, -0.2) is 18.6 Å². The molecule has 3 aromatic carbocycles. The lowest BCUT2D eigenvalue weighted by Crippen LogP contribution is -2.53. The maximum atomic E-state index is 13.7. The van der Waals surface area contributed by atoms with Gasteiger partial charge in [0.2, 0.25) is 29.2 Å². The van der Waals surface area contributed by atoms with E-state index in [0.717, 1.165) is 23.1 Å². The van der Waals surface area contributed by atoms with Crippen molar-refractivity contribution >= 4 is 52.8 Å². The van der Waals surface area contributed by atoms with Crippen LogP contribution in [0.15, 0.2) is 64.0 Å². The lowest BCUT2D eigenvalue weighted by molar-refractivity contribution is -0.136. The molecular formula is C46H57F4N7O9S. The average molecular weight is 960 g/mol. The number of nitrogens with two attached hydrogens (primary N) is 1. The van der Waals surface area contributed by atoms with Crippen molar-refractivity contribution in [1.82, 2.24) is 25.2 Å². The number of carbonyl (C=O) groups is 4. The van der Waals surface area contributed by atoms with Crippen molar-refractivity contribution in [2.75, 3.05) is 85.5 Å². The van der Waals surface area contributed by atoms with E-state index >= 15 is 0 Å². The second kappa shape index (κ2) is 26.7. The van der Waals surface area contributed by atoms with Gasteiger partial charge in [-0.1, -0.05) is 31.2 Å². The Morgan fingerprint density at radius 3 is 2.21 bits per heavy atom. The molecule has 364 valence electrons. The molecule has 1 saturated heterocycles. The number of amidine groups is 1. The van der Waals surface area contributed by atoms with Crippen LogP contribution in [0.4, 0.5) is 28.0 Å². The Morgan fingerprint density at radius 2 is 1.52 bits per heavy atom. The van der Waals surface area contributed by atoms with E-state index in [0.29, 0.717) is 74.2 Å². The van der Waals surface area contributed by atoms with Gasteiger partial charge in [-0.15, -0.1) is 4.31 Å². The minimum atomic E-state index is -1.82. The molecule has 0 aromatic heterocycles. The molecule has 0 aliphatic carbocycles. The molecule has 0 radical (unpaired) electrons. The van der Waals surface area contributed by atoms with Gasteiger partial charge in [-0.2, -0.15) is 8.78 Å². The second-order valence-electron chi connectivity index (χ2n) is 15.6. The summed E-state index contributed by atoms with van der Waals surface area (Å²) in [6.45, 7) is 7.97. The minimum Gasteiger partial charge on any atom is -0.593 e. The van der Waals surface area contributed by atoms with Gasteiger partial charge in [0.15, 0.2) is 16.5 Å². The molecule has 2 aliphatic heterocycles. The first-order valence-corrected chi connectivity index (χ1v) is 23.2. The van der Waals surface area contributed by atoms with Crippen LogP contribution in [0.5, 0.6) is 5.75 Å². The Balaban J connectivity index is 0.963. The third-order valence-corrected chi connectivity index (χ3v) is 11.8. The zero-order valence-corrected chi connectivity index (χ0v) is 38.3. The Kier molecular flexibility index (Phi) is 20.9. The largest absolute Gasteiger partial charge is 0.593 e. The first kappa shape index (κ1) is 52.4. The van der Waals surface area contributed by atoms with E-state index < -0.39 is 52.8 Å². The highest BCUT2D eigenvalue weighted by Gasteiger charge is 2.37. The van der Waals surface area contributed by atoms with E-state index in [1.807, 2.05) is 66.7 Å². The van der Waals surface area contributed by atoms with Crippen LogP contribution in [0.2, 0.25) is 0 Å². The molecule has 0 bridgehead atoms. The fourth-order valence-electron chi connectivity index (χ4n) is 6.93. The molecule has 1 unspecified atom stereocenters. The Labute approximate surface area is 389 Å². The van der Waals surface area contributed by atoms with Crippen molar-refractivity contribution in [1.29, 1.82) is 0 Å². The minimum absolute atomic E-state index is 0.00546. The van der Waals surface area contributed by atoms with Crippen molar-refractivity contribution in [2.24, 2.45) is 16.6 Å². The van der Waals surface area contributed by atoms with Crippen molar-refractivity contribution in [3.63, 3.8) is 0 Å². The molecule has 67 heavy (non-hydrogen) atoms. The molecular weight excluding hydrogens is 903 g/mol. The fraction of sp³-hybridized carbons (Fsp3) is 0.457. The zero-order chi connectivity index (χ0) is 48.3. The molecule has 5 rings (SSSR count). The zero-order valence-electron chi connectivity index (χ0n) is 37.5. The first-order chi connectivity index (χ1) is 32.3. The van der Waals surface area contributed by atoms with Gasteiger partial charge < -0.3 is 50.1 Å². The molecule has 4 amide bonds. The van der Waals surface area contributed by atoms with Gasteiger partial charge in [-0.3, -0.25) is 14.4 Å². The summed E-state index contributed by atoms with van der Waals surface area (Å²) >= 11 is -1.42. The number of aliphatic imine (C=N–C) groups is 1. The number of urea groups is 1. The number of nitrogens with zero attached hydrogens (tertiary/aromatic N) is 3. The number of carbonyl (C=O) groups excluding carboxylic acids is 4. The van der Waals surface area contributed by atoms with Crippen LogP contribution >= 0.6 is 0 Å². The number of halogens is 4. The smallest absolute Gasteiger partial charge is 0.314 e. The summed E-state index contributed by atoms with van der Waals surface area (Å²) in [5.74, 6) is -9.49. The maximum Gasteiger partial charge on any atom is 0.314 e. The molecule has 0 spiro atoms. The predicted molar refractivity (Wildman–Crippen MR) is 242 cm³/mol. The molecule has 16 nitrogen and oxygen atoms in total. The summed E-state index contributed by atoms with van der Waals surface area (Å²) in [4.78, 5) is 56.7. The molecule has 2 heterocycles. The maximum absolute atomic E-state index is 13.7. The summed E-state index contributed by atoms with van der Waals surface area (Å²) in [5, 5.41) is 8.38. The number of nitrogens with one attached hydrogen (secondary N) is 3. The number of rotatable bonds is 26. The SMILES string of the molecule is CCCN(CCCNC(=O)NCC)C(=O)C1=Cc2ccc(-c3cccc([S+]([O-])N4CC(CNC(=O)CCOCCOCCOCCC(=O)Oc5c(F)c(F)cc(F)c5F)C4)c3)cc2N=C(N)C1. The molecule has 1 atom stereocenters. The van der Waals surface area contributed by atoms with Gasteiger partial charge in [0.05, 0.1) is 76.2 Å². The van der Waals surface area contributed by atoms with Crippen molar-refractivity contribution in [3.8, 4) is 16.9 Å². The van der Waals surface area contributed by atoms with Crippen LogP contribution < -0.4 is 26.4 Å². The monoisotopic (exact) mass is 959 g/mol. The molecule has 0 saturated carbocycles. The van der Waals surface area contributed by atoms with Gasteiger partial charge in [0, 0.05) is 74.8 Å². The number of benzene rings is 3. The average Bonchev–Trinajstić information content (AvgIpc) is 3.46. The van der Waals surface area contributed by atoms with E-state index in [2.05, 4.69) is 25.7 Å². The number of hydrogen-bond donors (Lipinski definition) is 4. The van der Waals surface area contributed by atoms with Crippen molar-refractivity contribution in [2.45, 2.75) is 50.8 Å². The van der Waals surface area contributed by atoms with Crippen LogP contribution in [-0.2, 0) is 40.0 Å². The van der Waals surface area contributed by atoms with Gasteiger partial charge >= 0.3 is 12.0 Å².